The summed E-state index contributed by atoms with van der Waals surface area (Å²) in [7, 11) is 0. The van der Waals surface area contributed by atoms with Crippen LogP contribution < -0.4 is 14.8 Å². The van der Waals surface area contributed by atoms with E-state index in [0.29, 0.717) is 13.2 Å². The van der Waals surface area contributed by atoms with Gasteiger partial charge in [-0.1, -0.05) is 36.9 Å². The van der Waals surface area contributed by atoms with Gasteiger partial charge in [0.25, 0.3) is 0 Å². The number of ether oxygens (including phenoxy) is 2. The third-order valence-electron chi connectivity index (χ3n) is 2.96. The summed E-state index contributed by atoms with van der Waals surface area (Å²) in [5.74, 6) is 1.74. The molecule has 2 aromatic rings. The highest BCUT2D eigenvalue weighted by Crippen LogP contribution is 2.24. The maximum atomic E-state index is 5.60. The van der Waals surface area contributed by atoms with E-state index in [4.69, 9.17) is 9.47 Å². The van der Waals surface area contributed by atoms with Gasteiger partial charge in [0.1, 0.15) is 18.1 Å². The van der Waals surface area contributed by atoms with Gasteiger partial charge >= 0.3 is 0 Å². The highest BCUT2D eigenvalue weighted by Gasteiger charge is 2.02. The standard InChI is InChI=1S/C18H21NO2/c1-3-13-21-16-11-9-15(10-12-16)14-19-17-7-5-6-8-18(17)20-4-2/h3,5-12,19H,1,4,13-14H2,2H3. The highest BCUT2D eigenvalue weighted by atomic mass is 16.5. The van der Waals surface area contributed by atoms with E-state index in [1.807, 2.05) is 43.3 Å². The van der Waals surface area contributed by atoms with Crippen LogP contribution in [0.2, 0.25) is 0 Å². The first kappa shape index (κ1) is 15.0. The Hall–Kier alpha value is -2.42. The molecule has 21 heavy (non-hydrogen) atoms. The third kappa shape index (κ3) is 4.56. The van der Waals surface area contributed by atoms with Crippen molar-refractivity contribution in [2.45, 2.75) is 13.5 Å². The van der Waals surface area contributed by atoms with Crippen LogP contribution in [0, 0.1) is 0 Å². The Morgan fingerprint density at radius 3 is 2.52 bits per heavy atom. The molecule has 3 heteroatoms. The van der Waals surface area contributed by atoms with E-state index >= 15 is 0 Å². The summed E-state index contributed by atoms with van der Waals surface area (Å²) in [6, 6.07) is 16.0. The zero-order chi connectivity index (χ0) is 14.9. The Morgan fingerprint density at radius 2 is 1.81 bits per heavy atom. The summed E-state index contributed by atoms with van der Waals surface area (Å²) in [6.07, 6.45) is 1.74. The van der Waals surface area contributed by atoms with Gasteiger partial charge in [0.15, 0.2) is 0 Å². The predicted octanol–water partition coefficient (Wildman–Crippen LogP) is 4.26. The molecular formula is C18H21NO2. The second kappa shape index (κ2) is 8.00. The van der Waals surface area contributed by atoms with E-state index in [-0.39, 0.29) is 0 Å². The molecular weight excluding hydrogens is 262 g/mol. The molecule has 0 bridgehead atoms. The van der Waals surface area contributed by atoms with E-state index in [9.17, 15) is 0 Å². The summed E-state index contributed by atoms with van der Waals surface area (Å²) < 4.78 is 11.1. The normalized spacial score (nSPS) is 9.95. The van der Waals surface area contributed by atoms with E-state index in [1.165, 1.54) is 5.56 Å². The molecule has 2 rings (SSSR count). The molecule has 0 aliphatic carbocycles. The van der Waals surface area contributed by atoms with Gasteiger partial charge in [0.05, 0.1) is 12.3 Å². The van der Waals surface area contributed by atoms with Crippen molar-refractivity contribution in [3.63, 3.8) is 0 Å². The predicted molar refractivity (Wildman–Crippen MR) is 87.1 cm³/mol. The van der Waals surface area contributed by atoms with Crippen molar-refractivity contribution in [1.29, 1.82) is 0 Å². The van der Waals surface area contributed by atoms with Crippen LogP contribution in [0.5, 0.6) is 11.5 Å². The number of benzene rings is 2. The van der Waals surface area contributed by atoms with E-state index in [2.05, 4.69) is 24.0 Å². The molecule has 0 aliphatic rings. The van der Waals surface area contributed by atoms with Gasteiger partial charge in [-0.15, -0.1) is 0 Å². The lowest BCUT2D eigenvalue weighted by Gasteiger charge is -2.12. The minimum absolute atomic E-state index is 0.527. The molecule has 0 aliphatic heterocycles. The molecule has 0 saturated carbocycles. The minimum Gasteiger partial charge on any atom is -0.492 e. The van der Waals surface area contributed by atoms with Crippen molar-refractivity contribution in [3.05, 3.63) is 66.7 Å². The van der Waals surface area contributed by atoms with Crippen molar-refractivity contribution >= 4 is 5.69 Å². The maximum Gasteiger partial charge on any atom is 0.142 e. The second-order valence-corrected chi connectivity index (χ2v) is 4.53. The first-order valence-electron chi connectivity index (χ1n) is 7.12. The Kier molecular flexibility index (Phi) is 5.71. The van der Waals surface area contributed by atoms with Crippen LogP contribution >= 0.6 is 0 Å². The van der Waals surface area contributed by atoms with Gasteiger partial charge in [-0.05, 0) is 36.8 Å². The number of hydrogen-bond acceptors (Lipinski definition) is 3. The largest absolute Gasteiger partial charge is 0.492 e. The molecule has 0 heterocycles. The minimum atomic E-state index is 0.527. The second-order valence-electron chi connectivity index (χ2n) is 4.53. The molecule has 1 N–H and O–H groups in total. The van der Waals surface area contributed by atoms with Crippen molar-refractivity contribution in [2.75, 3.05) is 18.5 Å². The van der Waals surface area contributed by atoms with Crippen LogP contribution in [0.4, 0.5) is 5.69 Å². The van der Waals surface area contributed by atoms with Gasteiger partial charge < -0.3 is 14.8 Å². The third-order valence-corrected chi connectivity index (χ3v) is 2.96. The van der Waals surface area contributed by atoms with Gasteiger partial charge in [-0.2, -0.15) is 0 Å². The van der Waals surface area contributed by atoms with Crippen molar-refractivity contribution in [2.24, 2.45) is 0 Å². The molecule has 0 amide bonds. The van der Waals surface area contributed by atoms with E-state index in [0.717, 1.165) is 23.7 Å². The summed E-state index contributed by atoms with van der Waals surface area (Å²) in [5.41, 5.74) is 2.19. The maximum absolute atomic E-state index is 5.60. The monoisotopic (exact) mass is 283 g/mol. The molecule has 110 valence electrons. The number of nitrogens with one attached hydrogen (secondary N) is 1. The molecule has 0 atom stereocenters. The molecule has 0 spiro atoms. The Morgan fingerprint density at radius 1 is 1.05 bits per heavy atom. The molecule has 0 saturated heterocycles. The van der Waals surface area contributed by atoms with Gasteiger partial charge in [-0.25, -0.2) is 0 Å². The number of hydrogen-bond donors (Lipinski definition) is 1. The van der Waals surface area contributed by atoms with Crippen LogP contribution in [0.15, 0.2) is 61.2 Å². The van der Waals surface area contributed by atoms with Gasteiger partial charge in [0, 0.05) is 6.54 Å². The van der Waals surface area contributed by atoms with Gasteiger partial charge in [-0.3, -0.25) is 0 Å². The number of rotatable bonds is 8. The molecule has 3 nitrogen and oxygen atoms in total. The Labute approximate surface area is 126 Å². The average Bonchev–Trinajstić information content (AvgIpc) is 2.53. The molecule has 0 unspecified atom stereocenters. The average molecular weight is 283 g/mol. The van der Waals surface area contributed by atoms with Crippen LogP contribution in [-0.4, -0.2) is 13.2 Å². The first-order chi connectivity index (χ1) is 10.3. The quantitative estimate of drug-likeness (QED) is 0.734. The highest BCUT2D eigenvalue weighted by molar-refractivity contribution is 5.56. The van der Waals surface area contributed by atoms with E-state index in [1.54, 1.807) is 6.08 Å². The fourth-order valence-electron chi connectivity index (χ4n) is 1.95. The summed E-state index contributed by atoms with van der Waals surface area (Å²) >= 11 is 0. The zero-order valence-corrected chi connectivity index (χ0v) is 12.3. The van der Waals surface area contributed by atoms with E-state index < -0.39 is 0 Å². The lowest BCUT2D eigenvalue weighted by atomic mass is 10.2. The van der Waals surface area contributed by atoms with Crippen LogP contribution in [-0.2, 0) is 6.54 Å². The molecule has 0 radical (unpaired) electrons. The summed E-state index contributed by atoms with van der Waals surface area (Å²) in [6.45, 7) is 7.55. The van der Waals surface area contributed by atoms with Crippen molar-refractivity contribution < 1.29 is 9.47 Å². The SMILES string of the molecule is C=CCOc1ccc(CNc2ccccc2OCC)cc1. The lowest BCUT2D eigenvalue weighted by molar-refractivity contribution is 0.341. The smallest absolute Gasteiger partial charge is 0.142 e. The lowest BCUT2D eigenvalue weighted by Crippen LogP contribution is -2.02. The van der Waals surface area contributed by atoms with Crippen LogP contribution in [0.1, 0.15) is 12.5 Å². The number of para-hydroxylation sites is 2. The van der Waals surface area contributed by atoms with Crippen molar-refractivity contribution in [1.82, 2.24) is 0 Å². The van der Waals surface area contributed by atoms with Crippen LogP contribution in [0.3, 0.4) is 0 Å². The molecule has 2 aromatic carbocycles. The van der Waals surface area contributed by atoms with Crippen molar-refractivity contribution in [3.8, 4) is 11.5 Å². The topological polar surface area (TPSA) is 30.5 Å². The zero-order valence-electron chi connectivity index (χ0n) is 12.3. The fourth-order valence-corrected chi connectivity index (χ4v) is 1.95. The Bertz CT molecular complexity index is 564. The first-order valence-corrected chi connectivity index (χ1v) is 7.12. The fraction of sp³-hybridized carbons (Fsp3) is 0.222. The molecule has 0 aromatic heterocycles. The van der Waals surface area contributed by atoms with Crippen LogP contribution in [0.25, 0.3) is 0 Å². The molecule has 0 fully saturated rings. The Balaban J connectivity index is 1.95. The summed E-state index contributed by atoms with van der Waals surface area (Å²) in [4.78, 5) is 0. The number of anilines is 1. The van der Waals surface area contributed by atoms with Gasteiger partial charge in [0.2, 0.25) is 0 Å². The summed E-state index contributed by atoms with van der Waals surface area (Å²) in [5, 5.41) is 3.40.